The second-order valence-electron chi connectivity index (χ2n) is 5.33. The zero-order valence-electron chi connectivity index (χ0n) is 11.8. The van der Waals surface area contributed by atoms with E-state index in [-0.39, 0.29) is 16.6 Å². The van der Waals surface area contributed by atoms with Crippen LogP contribution in [0.25, 0.3) is 0 Å². The van der Waals surface area contributed by atoms with Crippen molar-refractivity contribution in [2.75, 3.05) is 0 Å². The summed E-state index contributed by atoms with van der Waals surface area (Å²) in [6.07, 6.45) is 4.96. The third-order valence-corrected chi connectivity index (χ3v) is 5.35. The molecule has 1 atom stereocenters. The molecular formula is C14H21N3O3S. The molecule has 1 unspecified atom stereocenters. The highest BCUT2D eigenvalue weighted by Gasteiger charge is 2.31. The van der Waals surface area contributed by atoms with E-state index < -0.39 is 16.1 Å². The predicted octanol–water partition coefficient (Wildman–Crippen LogP) is 1.66. The Morgan fingerprint density at radius 1 is 1.24 bits per heavy atom. The molecule has 1 aromatic rings. The first-order valence-electron chi connectivity index (χ1n) is 7.09. The minimum absolute atomic E-state index is 0.0631. The summed E-state index contributed by atoms with van der Waals surface area (Å²) in [5, 5.41) is 11.9. The van der Waals surface area contributed by atoms with Gasteiger partial charge in [0.15, 0.2) is 5.84 Å². The van der Waals surface area contributed by atoms with Gasteiger partial charge >= 0.3 is 0 Å². The average Bonchev–Trinajstić information content (AvgIpc) is 2.53. The van der Waals surface area contributed by atoms with Gasteiger partial charge in [0.05, 0.1) is 10.9 Å². The van der Waals surface area contributed by atoms with Crippen LogP contribution in [0.4, 0.5) is 0 Å². The molecule has 4 N–H and O–H groups in total. The van der Waals surface area contributed by atoms with E-state index in [1.165, 1.54) is 12.1 Å². The molecule has 0 spiro atoms. The first kappa shape index (κ1) is 15.8. The quantitative estimate of drug-likeness (QED) is 0.333. The molecule has 6 nitrogen and oxygen atoms in total. The van der Waals surface area contributed by atoms with Crippen LogP contribution in [0.5, 0.6) is 0 Å². The maximum absolute atomic E-state index is 12.4. The lowest BCUT2D eigenvalue weighted by Crippen LogP contribution is -2.49. The highest BCUT2D eigenvalue weighted by atomic mass is 32.2. The van der Waals surface area contributed by atoms with Crippen molar-refractivity contribution in [3.63, 3.8) is 0 Å². The minimum atomic E-state index is -3.69. The van der Waals surface area contributed by atoms with Crippen molar-refractivity contribution in [2.24, 2.45) is 16.8 Å². The van der Waals surface area contributed by atoms with Crippen molar-refractivity contribution in [3.8, 4) is 0 Å². The topological polar surface area (TPSA) is 105 Å². The van der Waals surface area contributed by atoms with Crippen molar-refractivity contribution in [2.45, 2.75) is 43.0 Å². The number of nitrogens with zero attached hydrogens (tertiary/aromatic N) is 1. The van der Waals surface area contributed by atoms with Crippen molar-refractivity contribution in [1.82, 2.24) is 4.72 Å². The number of benzene rings is 1. The molecule has 1 fully saturated rings. The molecule has 7 heteroatoms. The molecule has 1 aromatic carbocycles. The molecule has 1 aliphatic rings. The van der Waals surface area contributed by atoms with Crippen LogP contribution in [-0.4, -0.2) is 25.5 Å². The lowest BCUT2D eigenvalue weighted by molar-refractivity contribution is 0.297. The zero-order chi connectivity index (χ0) is 15.3. The van der Waals surface area contributed by atoms with Gasteiger partial charge in [-0.3, -0.25) is 0 Å². The zero-order valence-corrected chi connectivity index (χ0v) is 12.6. The van der Waals surface area contributed by atoms with Gasteiger partial charge in [-0.05, 0) is 30.9 Å². The highest BCUT2D eigenvalue weighted by Crippen LogP contribution is 2.27. The van der Waals surface area contributed by atoms with E-state index in [1.807, 2.05) is 0 Å². The third-order valence-electron chi connectivity index (χ3n) is 3.89. The van der Waals surface area contributed by atoms with E-state index in [4.69, 9.17) is 10.9 Å². The number of nitrogens with two attached hydrogens (primary N) is 1. The maximum Gasteiger partial charge on any atom is 0.241 e. The lowest BCUT2D eigenvalue weighted by Gasteiger charge is -2.29. The first-order valence-corrected chi connectivity index (χ1v) is 8.57. The Bertz CT molecular complexity index is 581. The maximum atomic E-state index is 12.4. The van der Waals surface area contributed by atoms with Crippen molar-refractivity contribution >= 4 is 15.9 Å². The van der Waals surface area contributed by atoms with Gasteiger partial charge in [0.1, 0.15) is 0 Å². The predicted molar refractivity (Wildman–Crippen MR) is 80.5 cm³/mol. The summed E-state index contributed by atoms with van der Waals surface area (Å²) in [7, 11) is -3.69. The van der Waals surface area contributed by atoms with E-state index in [1.54, 1.807) is 18.2 Å². The summed E-state index contributed by atoms with van der Waals surface area (Å²) >= 11 is 0. The fourth-order valence-corrected chi connectivity index (χ4v) is 4.06. The molecule has 0 aromatic heterocycles. The van der Waals surface area contributed by atoms with Gasteiger partial charge in [0.25, 0.3) is 0 Å². The largest absolute Gasteiger partial charge is 0.409 e. The fourth-order valence-electron chi connectivity index (χ4n) is 2.76. The monoisotopic (exact) mass is 311 g/mol. The van der Waals surface area contributed by atoms with Gasteiger partial charge in [0.2, 0.25) is 10.0 Å². The molecule has 0 amide bonds. The normalized spacial score (nSPS) is 19.3. The number of nitrogens with one attached hydrogen (secondary N) is 1. The van der Waals surface area contributed by atoms with Crippen LogP contribution in [-0.2, 0) is 10.0 Å². The minimum Gasteiger partial charge on any atom is -0.409 e. The second-order valence-corrected chi connectivity index (χ2v) is 7.05. The first-order chi connectivity index (χ1) is 10.0. The van der Waals surface area contributed by atoms with Crippen LogP contribution in [0.2, 0.25) is 0 Å². The Balaban J connectivity index is 2.22. The van der Waals surface area contributed by atoms with Crippen molar-refractivity contribution in [1.29, 1.82) is 0 Å². The van der Waals surface area contributed by atoms with Crippen LogP contribution in [0.1, 0.15) is 32.1 Å². The molecule has 1 saturated carbocycles. The van der Waals surface area contributed by atoms with E-state index in [0.717, 1.165) is 32.1 Å². The van der Waals surface area contributed by atoms with Crippen LogP contribution in [0.15, 0.2) is 40.4 Å². The molecule has 0 saturated heterocycles. The van der Waals surface area contributed by atoms with Crippen LogP contribution < -0.4 is 10.5 Å². The average molecular weight is 311 g/mol. The summed E-state index contributed by atoms with van der Waals surface area (Å²) < 4.78 is 27.4. The molecule has 0 bridgehead atoms. The Hall–Kier alpha value is -1.60. The van der Waals surface area contributed by atoms with E-state index >= 15 is 0 Å². The van der Waals surface area contributed by atoms with E-state index in [0.29, 0.717) is 0 Å². The van der Waals surface area contributed by atoms with Crippen molar-refractivity contribution < 1.29 is 13.6 Å². The smallest absolute Gasteiger partial charge is 0.241 e. The van der Waals surface area contributed by atoms with Crippen LogP contribution in [0, 0.1) is 5.92 Å². The summed E-state index contributed by atoms with van der Waals surface area (Å²) in [6.45, 7) is 0. The third kappa shape index (κ3) is 3.95. The van der Waals surface area contributed by atoms with E-state index in [2.05, 4.69) is 9.88 Å². The standard InChI is InChI=1S/C14H21N3O3S/c15-14(16-18)13(11-7-3-1-4-8-11)17-21(19,20)12-9-5-2-6-10-12/h2,5-6,9-11,13,17-18H,1,3-4,7-8H2,(H2,15,16). The molecule has 0 radical (unpaired) electrons. The molecule has 2 rings (SSSR count). The number of sulfonamides is 1. The Labute approximate surface area is 125 Å². The number of hydrogen-bond acceptors (Lipinski definition) is 4. The molecular weight excluding hydrogens is 290 g/mol. The summed E-state index contributed by atoms with van der Waals surface area (Å²) in [5.74, 6) is -0.0189. The summed E-state index contributed by atoms with van der Waals surface area (Å²) in [5.41, 5.74) is 5.71. The highest BCUT2D eigenvalue weighted by molar-refractivity contribution is 7.89. The van der Waals surface area contributed by atoms with Gasteiger partial charge in [-0.1, -0.05) is 42.6 Å². The van der Waals surface area contributed by atoms with Crippen LogP contribution >= 0.6 is 0 Å². The fraction of sp³-hybridized carbons (Fsp3) is 0.500. The van der Waals surface area contributed by atoms with Crippen LogP contribution in [0.3, 0.4) is 0 Å². The Morgan fingerprint density at radius 2 is 1.86 bits per heavy atom. The lowest BCUT2D eigenvalue weighted by atomic mass is 9.84. The summed E-state index contributed by atoms with van der Waals surface area (Å²) in [4.78, 5) is 0.177. The van der Waals surface area contributed by atoms with Gasteiger partial charge in [-0.2, -0.15) is 0 Å². The molecule has 1 aliphatic carbocycles. The second kappa shape index (κ2) is 6.91. The van der Waals surface area contributed by atoms with Gasteiger partial charge < -0.3 is 10.9 Å². The van der Waals surface area contributed by atoms with Gasteiger partial charge in [-0.25, -0.2) is 13.1 Å². The SMILES string of the molecule is N/C(=N\O)C(NS(=O)(=O)c1ccccc1)C1CCCCC1. The molecule has 21 heavy (non-hydrogen) atoms. The molecule has 0 heterocycles. The number of amidine groups is 1. The van der Waals surface area contributed by atoms with Gasteiger partial charge in [0, 0.05) is 0 Å². The number of rotatable bonds is 5. The molecule has 116 valence electrons. The van der Waals surface area contributed by atoms with Gasteiger partial charge in [-0.15, -0.1) is 0 Å². The Kier molecular flexibility index (Phi) is 5.19. The van der Waals surface area contributed by atoms with Crippen molar-refractivity contribution in [3.05, 3.63) is 30.3 Å². The summed E-state index contributed by atoms with van der Waals surface area (Å²) in [6, 6.07) is 7.45. The molecule has 0 aliphatic heterocycles. The number of oxime groups is 1. The number of hydrogen-bond donors (Lipinski definition) is 3. The van der Waals surface area contributed by atoms with E-state index in [9.17, 15) is 8.42 Å². The Morgan fingerprint density at radius 3 is 2.43 bits per heavy atom.